The van der Waals surface area contributed by atoms with Crippen molar-refractivity contribution in [2.75, 3.05) is 39.4 Å². The third kappa shape index (κ3) is 6.30. The van der Waals surface area contributed by atoms with Gasteiger partial charge >= 0.3 is 0 Å². The second-order valence-electron chi connectivity index (χ2n) is 6.55. The van der Waals surface area contributed by atoms with Gasteiger partial charge in [-0.05, 0) is 30.0 Å². The maximum Gasteiger partial charge on any atom is 0.188 e. The lowest BCUT2D eigenvalue weighted by atomic mass is 10.0. The molecule has 2 rings (SSSR count). The molecule has 0 amide bonds. The highest BCUT2D eigenvalue weighted by molar-refractivity contribution is 6.30. The summed E-state index contributed by atoms with van der Waals surface area (Å²) in [6.45, 7) is 9.21. The number of morpholine rings is 1. The van der Waals surface area contributed by atoms with Crippen molar-refractivity contribution in [3.05, 3.63) is 34.9 Å². The second-order valence-corrected chi connectivity index (χ2v) is 6.99. The zero-order valence-corrected chi connectivity index (χ0v) is 15.4. The van der Waals surface area contributed by atoms with E-state index >= 15 is 0 Å². The molecule has 0 radical (unpaired) electrons. The molecule has 1 saturated heterocycles. The molecule has 3 N–H and O–H groups in total. The van der Waals surface area contributed by atoms with Crippen molar-refractivity contribution < 1.29 is 4.74 Å². The molecule has 0 aliphatic carbocycles. The summed E-state index contributed by atoms with van der Waals surface area (Å²) in [6, 6.07) is 8.19. The smallest absolute Gasteiger partial charge is 0.188 e. The van der Waals surface area contributed by atoms with Crippen LogP contribution in [0.25, 0.3) is 0 Å². The van der Waals surface area contributed by atoms with Crippen LogP contribution >= 0.6 is 11.6 Å². The van der Waals surface area contributed by atoms with Crippen LogP contribution in [0.2, 0.25) is 5.02 Å². The number of benzene rings is 1. The van der Waals surface area contributed by atoms with Crippen molar-refractivity contribution in [3.63, 3.8) is 0 Å². The topological polar surface area (TPSA) is 62.9 Å². The van der Waals surface area contributed by atoms with Crippen LogP contribution in [-0.2, 0) is 4.74 Å². The molecular formula is C18H29ClN4O. The Morgan fingerprint density at radius 3 is 2.58 bits per heavy atom. The Bertz CT molecular complexity index is 512. The summed E-state index contributed by atoms with van der Waals surface area (Å²) < 4.78 is 5.47. The summed E-state index contributed by atoms with van der Waals surface area (Å²) in [7, 11) is 0. The fourth-order valence-corrected chi connectivity index (χ4v) is 2.86. The first kappa shape index (κ1) is 19.0. The molecule has 0 saturated carbocycles. The Balaban J connectivity index is 2.01. The van der Waals surface area contributed by atoms with Crippen LogP contribution in [0.1, 0.15) is 31.9 Å². The van der Waals surface area contributed by atoms with Crippen LogP contribution in [0, 0.1) is 5.92 Å². The quantitative estimate of drug-likeness (QED) is 0.585. The number of ether oxygens (including phenoxy) is 1. The van der Waals surface area contributed by atoms with Crippen LogP contribution in [0.5, 0.6) is 0 Å². The van der Waals surface area contributed by atoms with E-state index in [1.807, 2.05) is 12.1 Å². The summed E-state index contributed by atoms with van der Waals surface area (Å²) in [6.07, 6.45) is 1.08. The van der Waals surface area contributed by atoms with Crippen LogP contribution in [-0.4, -0.2) is 50.3 Å². The Morgan fingerprint density at radius 2 is 1.96 bits per heavy atom. The van der Waals surface area contributed by atoms with E-state index in [4.69, 9.17) is 22.1 Å². The normalized spacial score (nSPS) is 17.9. The first-order valence-corrected chi connectivity index (χ1v) is 9.05. The number of guanidine groups is 1. The molecule has 1 aliphatic heterocycles. The first-order chi connectivity index (χ1) is 11.6. The lowest BCUT2D eigenvalue weighted by Gasteiger charge is -2.34. The summed E-state index contributed by atoms with van der Waals surface area (Å²) in [5.74, 6) is 1.17. The second kappa shape index (κ2) is 9.87. The number of hydrogen-bond donors (Lipinski definition) is 2. The predicted octanol–water partition coefficient (Wildman–Crippen LogP) is 2.66. The summed E-state index contributed by atoms with van der Waals surface area (Å²) in [5.41, 5.74) is 7.22. The number of rotatable bonds is 7. The van der Waals surface area contributed by atoms with Gasteiger partial charge in [0.2, 0.25) is 0 Å². The third-order valence-electron chi connectivity index (χ3n) is 4.20. The van der Waals surface area contributed by atoms with E-state index < -0.39 is 0 Å². The van der Waals surface area contributed by atoms with Crippen LogP contribution in [0.3, 0.4) is 0 Å². The van der Waals surface area contributed by atoms with Crippen molar-refractivity contribution in [2.45, 2.75) is 26.3 Å². The molecule has 134 valence electrons. The molecule has 1 atom stereocenters. The highest BCUT2D eigenvalue weighted by Crippen LogP contribution is 2.23. The fraction of sp³-hybridized carbons (Fsp3) is 0.611. The van der Waals surface area contributed by atoms with E-state index in [9.17, 15) is 0 Å². The minimum absolute atomic E-state index is 0.191. The van der Waals surface area contributed by atoms with Gasteiger partial charge < -0.3 is 15.8 Å². The minimum atomic E-state index is 0.191. The summed E-state index contributed by atoms with van der Waals surface area (Å²) >= 11 is 6.02. The lowest BCUT2D eigenvalue weighted by Crippen LogP contribution is -2.41. The van der Waals surface area contributed by atoms with Crippen molar-refractivity contribution in [3.8, 4) is 0 Å². The monoisotopic (exact) mass is 352 g/mol. The van der Waals surface area contributed by atoms with Gasteiger partial charge in [0.05, 0.1) is 25.8 Å². The van der Waals surface area contributed by atoms with Crippen LogP contribution in [0.4, 0.5) is 0 Å². The fourth-order valence-electron chi connectivity index (χ4n) is 2.74. The molecule has 1 aromatic carbocycles. The molecule has 1 aliphatic rings. The Morgan fingerprint density at radius 1 is 1.29 bits per heavy atom. The highest BCUT2D eigenvalue weighted by atomic mass is 35.5. The molecule has 1 aromatic rings. The Labute approximate surface area is 150 Å². The summed E-state index contributed by atoms with van der Waals surface area (Å²) in [4.78, 5) is 6.96. The number of hydrogen-bond acceptors (Lipinski definition) is 3. The van der Waals surface area contributed by atoms with Gasteiger partial charge in [0.15, 0.2) is 5.96 Å². The largest absolute Gasteiger partial charge is 0.379 e. The number of halogens is 1. The van der Waals surface area contributed by atoms with Gasteiger partial charge in [-0.15, -0.1) is 0 Å². The number of nitrogens with zero attached hydrogens (tertiary/aromatic N) is 2. The maximum atomic E-state index is 6.02. The molecule has 1 heterocycles. The van der Waals surface area contributed by atoms with Crippen LogP contribution in [0.15, 0.2) is 29.3 Å². The molecule has 1 unspecified atom stereocenters. The number of nitrogens with two attached hydrogens (primary N) is 1. The third-order valence-corrected chi connectivity index (χ3v) is 4.46. The van der Waals surface area contributed by atoms with Gasteiger partial charge in [0, 0.05) is 24.7 Å². The molecular weight excluding hydrogens is 324 g/mol. The van der Waals surface area contributed by atoms with E-state index in [1.54, 1.807) is 0 Å². The number of aliphatic imine (C=N–C) groups is 1. The van der Waals surface area contributed by atoms with Gasteiger partial charge in [-0.3, -0.25) is 9.89 Å². The molecule has 24 heavy (non-hydrogen) atoms. The number of nitrogens with one attached hydrogen (secondary N) is 1. The van der Waals surface area contributed by atoms with Gasteiger partial charge in [0.1, 0.15) is 0 Å². The molecule has 6 heteroatoms. The van der Waals surface area contributed by atoms with Crippen molar-refractivity contribution in [2.24, 2.45) is 16.6 Å². The van der Waals surface area contributed by atoms with E-state index in [0.29, 0.717) is 18.4 Å². The molecule has 0 aromatic heterocycles. The average molecular weight is 353 g/mol. The van der Waals surface area contributed by atoms with Crippen molar-refractivity contribution in [1.29, 1.82) is 0 Å². The van der Waals surface area contributed by atoms with Gasteiger partial charge in [-0.1, -0.05) is 37.6 Å². The van der Waals surface area contributed by atoms with Crippen LogP contribution < -0.4 is 11.1 Å². The van der Waals surface area contributed by atoms with Gasteiger partial charge in [-0.2, -0.15) is 0 Å². The first-order valence-electron chi connectivity index (χ1n) is 8.67. The van der Waals surface area contributed by atoms with E-state index in [-0.39, 0.29) is 6.04 Å². The molecule has 5 nitrogen and oxygen atoms in total. The van der Waals surface area contributed by atoms with E-state index in [1.165, 1.54) is 5.56 Å². The molecule has 1 fully saturated rings. The standard InChI is InChI=1S/C18H29ClN4O/c1-14(2)7-8-21-18(20)22-13-17(23-9-11-24-12-10-23)15-3-5-16(19)6-4-15/h3-6,14,17H,7-13H2,1-2H3,(H3,20,21,22). The zero-order valence-electron chi connectivity index (χ0n) is 14.7. The minimum Gasteiger partial charge on any atom is -0.379 e. The summed E-state index contributed by atoms with van der Waals surface area (Å²) in [5, 5.41) is 3.94. The van der Waals surface area contributed by atoms with E-state index in [0.717, 1.165) is 44.3 Å². The van der Waals surface area contributed by atoms with E-state index in [2.05, 4.69) is 41.2 Å². The maximum absolute atomic E-state index is 6.02. The Hall–Kier alpha value is -1.30. The SMILES string of the molecule is CC(C)CCNC(N)=NCC(c1ccc(Cl)cc1)N1CCOCC1. The molecule has 0 bridgehead atoms. The average Bonchev–Trinajstić information content (AvgIpc) is 2.57. The zero-order chi connectivity index (χ0) is 17.4. The lowest BCUT2D eigenvalue weighted by molar-refractivity contribution is 0.0180. The molecule has 0 spiro atoms. The Kier molecular flexibility index (Phi) is 7.82. The van der Waals surface area contributed by atoms with Gasteiger partial charge in [0.25, 0.3) is 0 Å². The van der Waals surface area contributed by atoms with Crippen molar-refractivity contribution in [1.82, 2.24) is 10.2 Å². The highest BCUT2D eigenvalue weighted by Gasteiger charge is 2.22. The van der Waals surface area contributed by atoms with Crippen molar-refractivity contribution >= 4 is 17.6 Å². The van der Waals surface area contributed by atoms with Gasteiger partial charge in [-0.25, -0.2) is 0 Å². The predicted molar refractivity (Wildman–Crippen MR) is 101 cm³/mol.